The summed E-state index contributed by atoms with van der Waals surface area (Å²) < 4.78 is 6.69. The molecule has 0 spiro atoms. The average Bonchev–Trinajstić information content (AvgIpc) is 2.87. The number of ketones is 1. The Hall–Kier alpha value is -2.18. The number of aliphatic hydroxyl groups is 1. The van der Waals surface area contributed by atoms with Crippen molar-refractivity contribution < 1.29 is 19.4 Å². The van der Waals surface area contributed by atoms with Crippen LogP contribution >= 0.6 is 15.9 Å². The van der Waals surface area contributed by atoms with Crippen LogP contribution in [0.3, 0.4) is 0 Å². The maximum atomic E-state index is 13.2. The second kappa shape index (κ2) is 9.09. The van der Waals surface area contributed by atoms with Crippen LogP contribution < -0.4 is 9.64 Å². The van der Waals surface area contributed by atoms with Gasteiger partial charge in [0.25, 0.3) is 5.91 Å². The molecular formula is C23H26BrNO4. The lowest BCUT2D eigenvalue weighted by Gasteiger charge is -2.23. The molecule has 0 radical (unpaired) electrons. The van der Waals surface area contributed by atoms with Gasteiger partial charge in [-0.2, -0.15) is 0 Å². The molecule has 6 heteroatoms. The number of amides is 1. The number of hydrogen-bond donors (Lipinski definition) is 1. The lowest BCUT2D eigenvalue weighted by atomic mass is 9.90. The lowest BCUT2D eigenvalue weighted by Crippen LogP contribution is -2.41. The fourth-order valence-corrected chi connectivity index (χ4v) is 4.05. The van der Waals surface area contributed by atoms with Crippen molar-refractivity contribution in [1.82, 2.24) is 0 Å². The van der Waals surface area contributed by atoms with E-state index in [1.165, 1.54) is 6.92 Å². The van der Waals surface area contributed by atoms with Gasteiger partial charge in [0.1, 0.15) is 11.5 Å². The van der Waals surface area contributed by atoms with E-state index in [2.05, 4.69) is 22.9 Å². The second-order valence-electron chi connectivity index (χ2n) is 7.46. The Labute approximate surface area is 179 Å². The summed E-state index contributed by atoms with van der Waals surface area (Å²) in [5, 5.41) is 11.2. The van der Waals surface area contributed by atoms with Gasteiger partial charge in [-0.3, -0.25) is 9.59 Å². The molecule has 1 N–H and O–H groups in total. The van der Waals surface area contributed by atoms with Crippen LogP contribution in [0, 0.1) is 0 Å². The van der Waals surface area contributed by atoms with Gasteiger partial charge in [-0.15, -0.1) is 0 Å². The first-order chi connectivity index (χ1) is 13.9. The molecule has 5 nitrogen and oxygen atoms in total. The molecule has 0 bridgehead atoms. The molecule has 0 aliphatic carbocycles. The number of fused-ring (bicyclic) bond motifs is 1. The molecule has 0 aromatic heterocycles. The molecule has 0 saturated heterocycles. The number of Topliss-reactive ketones (excluding diaryl/α,β-unsaturated/α-hetero) is 1. The SMILES string of the molecule is CCCCCOc1ccccc1CN1C(=O)C(O)(CC(C)=O)c2cc(Br)ccc21. The summed E-state index contributed by atoms with van der Waals surface area (Å²) in [6, 6.07) is 12.9. The Bertz CT molecular complexity index is 914. The third kappa shape index (κ3) is 4.54. The van der Waals surface area contributed by atoms with Gasteiger partial charge in [-0.25, -0.2) is 0 Å². The number of nitrogens with zero attached hydrogens (tertiary/aromatic N) is 1. The molecule has 1 aliphatic heterocycles. The average molecular weight is 460 g/mol. The smallest absolute Gasteiger partial charge is 0.264 e. The second-order valence-corrected chi connectivity index (χ2v) is 8.37. The highest BCUT2D eigenvalue weighted by Crippen LogP contribution is 2.44. The van der Waals surface area contributed by atoms with Gasteiger partial charge in [0.2, 0.25) is 0 Å². The lowest BCUT2D eigenvalue weighted by molar-refractivity contribution is -0.141. The molecule has 1 aliphatic rings. The van der Waals surface area contributed by atoms with Gasteiger partial charge in [-0.1, -0.05) is 53.9 Å². The van der Waals surface area contributed by atoms with Gasteiger partial charge in [0, 0.05) is 22.0 Å². The highest BCUT2D eigenvalue weighted by atomic mass is 79.9. The van der Waals surface area contributed by atoms with E-state index in [1.54, 1.807) is 17.0 Å². The number of carbonyl (C=O) groups excluding carboxylic acids is 2. The molecule has 2 aromatic carbocycles. The normalized spacial score (nSPS) is 18.1. The van der Waals surface area contributed by atoms with E-state index in [4.69, 9.17) is 4.74 Å². The molecule has 1 heterocycles. The van der Waals surface area contributed by atoms with Crippen molar-refractivity contribution in [2.24, 2.45) is 0 Å². The van der Waals surface area contributed by atoms with Gasteiger partial charge < -0.3 is 14.7 Å². The number of carbonyl (C=O) groups is 2. The third-order valence-corrected chi connectivity index (χ3v) is 5.60. The van der Waals surface area contributed by atoms with Gasteiger partial charge in [-0.05, 0) is 37.6 Å². The number of rotatable bonds is 9. The molecule has 154 valence electrons. The van der Waals surface area contributed by atoms with E-state index in [1.807, 2.05) is 30.3 Å². The van der Waals surface area contributed by atoms with E-state index < -0.39 is 11.5 Å². The number of halogens is 1. The summed E-state index contributed by atoms with van der Waals surface area (Å²) in [6.07, 6.45) is 2.95. The Morgan fingerprint density at radius 1 is 1.21 bits per heavy atom. The predicted octanol–water partition coefficient (Wildman–Crippen LogP) is 4.73. The predicted molar refractivity (Wildman–Crippen MR) is 116 cm³/mol. The van der Waals surface area contributed by atoms with E-state index in [0.717, 1.165) is 35.0 Å². The number of ether oxygens (including phenoxy) is 1. The highest BCUT2D eigenvalue weighted by Gasteiger charge is 2.50. The minimum Gasteiger partial charge on any atom is -0.493 e. The van der Waals surface area contributed by atoms with Crippen LogP contribution in [-0.4, -0.2) is 23.4 Å². The number of anilines is 1. The summed E-state index contributed by atoms with van der Waals surface area (Å²) >= 11 is 3.40. The van der Waals surface area contributed by atoms with Crippen LogP contribution in [0.25, 0.3) is 0 Å². The van der Waals surface area contributed by atoms with E-state index in [-0.39, 0.29) is 18.7 Å². The quantitative estimate of drug-likeness (QED) is 0.550. The van der Waals surface area contributed by atoms with Gasteiger partial charge in [0.05, 0.1) is 18.8 Å². The number of hydrogen-bond acceptors (Lipinski definition) is 4. The summed E-state index contributed by atoms with van der Waals surface area (Å²) in [5.74, 6) is 0.00643. The molecular weight excluding hydrogens is 434 g/mol. The minimum atomic E-state index is -1.85. The maximum Gasteiger partial charge on any atom is 0.264 e. The minimum absolute atomic E-state index is 0.242. The molecule has 0 saturated carbocycles. The van der Waals surface area contributed by atoms with Crippen molar-refractivity contribution in [2.75, 3.05) is 11.5 Å². The van der Waals surface area contributed by atoms with Crippen molar-refractivity contribution in [3.8, 4) is 5.75 Å². The Morgan fingerprint density at radius 2 is 1.97 bits per heavy atom. The van der Waals surface area contributed by atoms with E-state index >= 15 is 0 Å². The van der Waals surface area contributed by atoms with Crippen LogP contribution in [0.4, 0.5) is 5.69 Å². The fraction of sp³-hybridized carbons (Fsp3) is 0.391. The highest BCUT2D eigenvalue weighted by molar-refractivity contribution is 9.10. The molecule has 0 fully saturated rings. The number of benzene rings is 2. The van der Waals surface area contributed by atoms with Crippen molar-refractivity contribution in [1.29, 1.82) is 0 Å². The largest absolute Gasteiger partial charge is 0.493 e. The summed E-state index contributed by atoms with van der Waals surface area (Å²) in [5.41, 5.74) is 0.0801. The van der Waals surface area contributed by atoms with Gasteiger partial charge >= 0.3 is 0 Å². The summed E-state index contributed by atoms with van der Waals surface area (Å²) in [6.45, 7) is 4.41. The standard InChI is InChI=1S/C23H26BrNO4/c1-3-4-7-12-29-21-9-6-5-8-17(21)15-25-20-11-10-18(24)13-19(20)23(28,22(25)27)14-16(2)26/h5-6,8-11,13,28H,3-4,7,12,14-15H2,1-2H3. The first-order valence-electron chi connectivity index (χ1n) is 9.91. The van der Waals surface area contributed by atoms with Crippen LogP contribution in [-0.2, 0) is 21.7 Å². The number of para-hydroxylation sites is 1. The topological polar surface area (TPSA) is 66.8 Å². The zero-order valence-electron chi connectivity index (χ0n) is 16.8. The van der Waals surface area contributed by atoms with E-state index in [9.17, 15) is 14.7 Å². The monoisotopic (exact) mass is 459 g/mol. The molecule has 2 aromatic rings. The molecule has 3 rings (SSSR count). The van der Waals surface area contributed by atoms with Crippen LogP contribution in [0.5, 0.6) is 5.75 Å². The first-order valence-corrected chi connectivity index (χ1v) is 10.7. The van der Waals surface area contributed by atoms with Crippen molar-refractivity contribution >= 4 is 33.3 Å². The zero-order valence-corrected chi connectivity index (χ0v) is 18.4. The van der Waals surface area contributed by atoms with E-state index in [0.29, 0.717) is 17.9 Å². The number of unbranched alkanes of at least 4 members (excludes halogenated alkanes) is 2. The van der Waals surface area contributed by atoms with Crippen molar-refractivity contribution in [3.05, 3.63) is 58.1 Å². The van der Waals surface area contributed by atoms with Gasteiger partial charge in [0.15, 0.2) is 5.60 Å². The molecule has 1 unspecified atom stereocenters. The fourth-order valence-electron chi connectivity index (χ4n) is 3.69. The van der Waals surface area contributed by atoms with Crippen LogP contribution in [0.15, 0.2) is 46.9 Å². The van der Waals surface area contributed by atoms with Crippen molar-refractivity contribution in [2.45, 2.75) is 51.7 Å². The maximum absolute atomic E-state index is 13.2. The summed E-state index contributed by atoms with van der Waals surface area (Å²) in [4.78, 5) is 26.5. The first kappa shape index (κ1) is 21.5. The molecule has 29 heavy (non-hydrogen) atoms. The Balaban J connectivity index is 1.91. The van der Waals surface area contributed by atoms with Crippen LogP contribution in [0.1, 0.15) is 50.7 Å². The van der Waals surface area contributed by atoms with Crippen molar-refractivity contribution in [3.63, 3.8) is 0 Å². The zero-order chi connectivity index (χ0) is 21.0. The van der Waals surface area contributed by atoms with Crippen LogP contribution in [0.2, 0.25) is 0 Å². The Kier molecular flexibility index (Phi) is 6.75. The summed E-state index contributed by atoms with van der Waals surface area (Å²) in [7, 11) is 0. The molecule has 1 amide bonds. The Morgan fingerprint density at radius 3 is 2.69 bits per heavy atom. The third-order valence-electron chi connectivity index (χ3n) is 5.11. The molecule has 1 atom stereocenters.